The molecule has 39 heavy (non-hydrogen) atoms. The molecule has 208 valence electrons. The minimum atomic E-state index is -6.09. The van der Waals surface area contributed by atoms with Crippen LogP contribution in [0.3, 0.4) is 0 Å². The monoisotopic (exact) mass is 586 g/mol. The van der Waals surface area contributed by atoms with Crippen LogP contribution >= 0.6 is 11.6 Å². The third-order valence-corrected chi connectivity index (χ3v) is 7.14. The van der Waals surface area contributed by atoms with Crippen molar-refractivity contribution in [2.24, 2.45) is 5.41 Å². The Bertz CT molecular complexity index is 1610. The summed E-state index contributed by atoms with van der Waals surface area (Å²) in [6.07, 6.45) is 0.928. The molecule has 1 aromatic carbocycles. The summed E-state index contributed by atoms with van der Waals surface area (Å²) in [5.74, 6) is -2.24. The highest BCUT2D eigenvalue weighted by atomic mass is 35.5. The molecule has 10 nitrogen and oxygen atoms in total. The zero-order chi connectivity index (χ0) is 28.8. The number of nitrogens with zero attached hydrogens (tertiary/aromatic N) is 3. The summed E-state index contributed by atoms with van der Waals surface area (Å²) < 4.78 is 67.6. The van der Waals surface area contributed by atoms with E-state index in [1.165, 1.54) is 4.90 Å². The first-order valence-electron chi connectivity index (χ1n) is 11.4. The van der Waals surface area contributed by atoms with Gasteiger partial charge in [-0.25, -0.2) is 4.98 Å². The molecule has 1 fully saturated rings. The van der Waals surface area contributed by atoms with Crippen molar-refractivity contribution in [1.29, 1.82) is 0 Å². The fourth-order valence-electron chi connectivity index (χ4n) is 4.07. The number of fused-ring (bicyclic) bond motifs is 1. The molecule has 0 saturated carbocycles. The number of halogens is 4. The zero-order valence-electron chi connectivity index (χ0n) is 20.6. The van der Waals surface area contributed by atoms with Gasteiger partial charge in [0.05, 0.1) is 5.39 Å². The lowest BCUT2D eigenvalue weighted by Gasteiger charge is -2.45. The van der Waals surface area contributed by atoms with Gasteiger partial charge in [0.25, 0.3) is 11.5 Å². The number of amides is 2. The zero-order valence-corrected chi connectivity index (χ0v) is 22.2. The third-order valence-electron chi connectivity index (χ3n) is 5.93. The lowest BCUT2D eigenvalue weighted by molar-refractivity contribution is -0.142. The van der Waals surface area contributed by atoms with Gasteiger partial charge >= 0.3 is 15.6 Å². The standard InChI is InChI=1S/C24H22ClF3N4O6S/c1-23(2)12-31(13-23)19(33)11-32-20-16(18(7-8-29-20)38-39(36,37)24(26,27)28)9-17(22(32)35)21(34)30-10-14-3-5-15(25)6-4-14/h3-9H,10-13H2,1-2H3,(H,30,34). The van der Waals surface area contributed by atoms with E-state index in [0.29, 0.717) is 23.7 Å². The van der Waals surface area contributed by atoms with E-state index in [2.05, 4.69) is 14.5 Å². The first kappa shape index (κ1) is 28.4. The fraction of sp³-hybridized carbons (Fsp3) is 0.333. The SMILES string of the molecule is CC1(C)CN(C(=O)Cn2c(=O)c(C(=O)NCc3ccc(Cl)cc3)cc3c(OS(=O)(=O)C(F)(F)F)ccnc32)C1. The normalized spacial score (nSPS) is 15.1. The number of nitrogens with one attached hydrogen (secondary N) is 1. The molecule has 0 atom stereocenters. The van der Waals surface area contributed by atoms with Crippen LogP contribution in [0, 0.1) is 5.41 Å². The van der Waals surface area contributed by atoms with Gasteiger partial charge in [-0.3, -0.25) is 19.0 Å². The van der Waals surface area contributed by atoms with E-state index in [9.17, 15) is 36.0 Å². The molecular weight excluding hydrogens is 565 g/mol. The smallest absolute Gasteiger partial charge is 0.375 e. The molecule has 15 heteroatoms. The third kappa shape index (κ3) is 6.01. The van der Waals surface area contributed by atoms with E-state index >= 15 is 0 Å². The average Bonchev–Trinajstić information content (AvgIpc) is 2.82. The number of benzene rings is 1. The molecule has 0 unspecified atom stereocenters. The minimum Gasteiger partial charge on any atom is -0.375 e. The van der Waals surface area contributed by atoms with Gasteiger partial charge in [-0.2, -0.15) is 21.6 Å². The Hall–Kier alpha value is -3.65. The maximum absolute atomic E-state index is 13.4. The molecule has 1 saturated heterocycles. The second kappa shape index (κ2) is 10.2. The van der Waals surface area contributed by atoms with E-state index in [-0.39, 0.29) is 17.6 Å². The van der Waals surface area contributed by atoms with E-state index in [0.717, 1.165) is 22.9 Å². The van der Waals surface area contributed by atoms with Crippen molar-refractivity contribution < 1.29 is 35.4 Å². The molecule has 3 heterocycles. The van der Waals surface area contributed by atoms with Gasteiger partial charge in [0, 0.05) is 36.9 Å². The number of carbonyl (C=O) groups is 2. The van der Waals surface area contributed by atoms with E-state index in [1.54, 1.807) is 24.3 Å². The summed E-state index contributed by atoms with van der Waals surface area (Å²) in [5.41, 5.74) is -7.08. The number of rotatable bonds is 7. The predicted octanol–water partition coefficient (Wildman–Crippen LogP) is 3.08. The van der Waals surface area contributed by atoms with Gasteiger partial charge in [0.1, 0.15) is 17.8 Å². The van der Waals surface area contributed by atoms with Gasteiger partial charge in [-0.1, -0.05) is 37.6 Å². The Morgan fingerprint density at radius 1 is 1.15 bits per heavy atom. The van der Waals surface area contributed by atoms with Crippen LogP contribution in [0.2, 0.25) is 5.02 Å². The Morgan fingerprint density at radius 3 is 2.38 bits per heavy atom. The Labute approximate surface area is 225 Å². The summed E-state index contributed by atoms with van der Waals surface area (Å²) in [7, 11) is -6.09. The van der Waals surface area contributed by atoms with Crippen molar-refractivity contribution in [2.75, 3.05) is 13.1 Å². The van der Waals surface area contributed by atoms with E-state index in [4.69, 9.17) is 11.6 Å². The van der Waals surface area contributed by atoms with Crippen LogP contribution in [0.4, 0.5) is 13.2 Å². The van der Waals surface area contributed by atoms with Gasteiger partial charge in [0.15, 0.2) is 5.75 Å². The van der Waals surface area contributed by atoms with E-state index in [1.807, 2.05) is 13.8 Å². The van der Waals surface area contributed by atoms with Gasteiger partial charge in [-0.15, -0.1) is 0 Å². The van der Waals surface area contributed by atoms with Gasteiger partial charge < -0.3 is 14.4 Å². The van der Waals surface area contributed by atoms with Gasteiger partial charge in [0.2, 0.25) is 5.91 Å². The maximum atomic E-state index is 13.4. The predicted molar refractivity (Wildman–Crippen MR) is 135 cm³/mol. The molecule has 0 bridgehead atoms. The molecule has 0 spiro atoms. The largest absolute Gasteiger partial charge is 0.534 e. The van der Waals surface area contributed by atoms with Crippen molar-refractivity contribution in [3.8, 4) is 5.75 Å². The molecule has 3 aromatic rings. The van der Waals surface area contributed by atoms with Crippen LogP contribution in [0.25, 0.3) is 11.0 Å². The number of aromatic nitrogens is 2. The van der Waals surface area contributed by atoms with Crippen LogP contribution in [0.15, 0.2) is 47.4 Å². The number of carbonyl (C=O) groups excluding carboxylic acids is 2. The van der Waals surface area contributed by atoms with Crippen LogP contribution in [-0.4, -0.2) is 53.3 Å². The average molecular weight is 587 g/mol. The summed E-state index contributed by atoms with van der Waals surface area (Å²) in [4.78, 5) is 44.7. The fourth-order valence-corrected chi connectivity index (χ4v) is 4.67. The van der Waals surface area contributed by atoms with Crippen molar-refractivity contribution in [1.82, 2.24) is 19.8 Å². The first-order valence-corrected chi connectivity index (χ1v) is 13.2. The van der Waals surface area contributed by atoms with Crippen molar-refractivity contribution >= 4 is 44.6 Å². The van der Waals surface area contributed by atoms with Crippen molar-refractivity contribution in [3.63, 3.8) is 0 Å². The number of hydrogen-bond donors (Lipinski definition) is 1. The molecule has 1 aliphatic rings. The molecule has 0 aliphatic carbocycles. The van der Waals surface area contributed by atoms with Crippen molar-refractivity contribution in [3.05, 3.63) is 69.1 Å². The van der Waals surface area contributed by atoms with Crippen molar-refractivity contribution in [2.45, 2.75) is 32.4 Å². The second-order valence-electron chi connectivity index (χ2n) is 9.70. The second-order valence-corrected chi connectivity index (χ2v) is 11.7. The maximum Gasteiger partial charge on any atom is 0.534 e. The number of hydrogen-bond acceptors (Lipinski definition) is 7. The van der Waals surface area contributed by atoms with Crippen LogP contribution < -0.4 is 15.1 Å². The summed E-state index contributed by atoms with van der Waals surface area (Å²) in [6, 6.07) is 8.17. The molecule has 0 radical (unpaired) electrons. The van der Waals surface area contributed by atoms with Crippen LogP contribution in [0.5, 0.6) is 5.75 Å². The molecular formula is C24H22ClF3N4O6S. The summed E-state index contributed by atoms with van der Waals surface area (Å²) in [6.45, 7) is 4.07. The quantitative estimate of drug-likeness (QED) is 0.333. The minimum absolute atomic E-state index is 0.0336. The lowest BCUT2D eigenvalue weighted by Crippen LogP contribution is -2.56. The number of pyridine rings is 2. The topological polar surface area (TPSA) is 128 Å². The molecule has 1 aliphatic heterocycles. The van der Waals surface area contributed by atoms with E-state index < -0.39 is 56.2 Å². The lowest BCUT2D eigenvalue weighted by atomic mass is 9.84. The number of alkyl halides is 3. The summed E-state index contributed by atoms with van der Waals surface area (Å²) in [5, 5.41) is 2.59. The highest BCUT2D eigenvalue weighted by Gasteiger charge is 2.49. The Kier molecular flexibility index (Phi) is 7.38. The Balaban J connectivity index is 1.77. The molecule has 2 aromatic heterocycles. The highest BCUT2D eigenvalue weighted by Crippen LogP contribution is 2.32. The van der Waals surface area contributed by atoms with Crippen LogP contribution in [0.1, 0.15) is 29.8 Å². The first-order chi connectivity index (χ1) is 18.1. The summed E-state index contributed by atoms with van der Waals surface area (Å²) >= 11 is 5.85. The molecule has 1 N–H and O–H groups in total. The van der Waals surface area contributed by atoms with Crippen LogP contribution in [-0.2, 0) is 28.0 Å². The highest BCUT2D eigenvalue weighted by molar-refractivity contribution is 7.88. The molecule has 2 amide bonds. The Morgan fingerprint density at radius 2 is 1.79 bits per heavy atom. The number of likely N-dealkylation sites (tertiary alicyclic amines) is 1. The molecule has 4 rings (SSSR count). The van der Waals surface area contributed by atoms with Gasteiger partial charge in [-0.05, 0) is 29.2 Å².